The molecule has 1 aromatic heterocycles. The summed E-state index contributed by atoms with van der Waals surface area (Å²) in [6, 6.07) is 9.34. The zero-order valence-electron chi connectivity index (χ0n) is 10.0. The van der Waals surface area contributed by atoms with Crippen LogP contribution >= 0.6 is 15.9 Å². The van der Waals surface area contributed by atoms with Gasteiger partial charge in [-0.05, 0) is 43.7 Å². The fraction of sp³-hybridized carbons (Fsp3) is 0.429. The second kappa shape index (κ2) is 4.46. The highest BCUT2D eigenvalue weighted by molar-refractivity contribution is 9.10. The normalized spacial score (nSPS) is 20.9. The molecule has 0 spiro atoms. The minimum atomic E-state index is 0.528. The van der Waals surface area contributed by atoms with Crippen LogP contribution in [0.2, 0.25) is 0 Å². The number of nitrogens with one attached hydrogen (secondary N) is 1. The number of aromatic nitrogens is 1. The number of hydrogen-bond donors (Lipinski definition) is 1. The van der Waals surface area contributed by atoms with Gasteiger partial charge in [-0.3, -0.25) is 0 Å². The maximum absolute atomic E-state index is 3.62. The van der Waals surface area contributed by atoms with Gasteiger partial charge in [-0.15, -0.1) is 0 Å². The van der Waals surface area contributed by atoms with Gasteiger partial charge in [-0.25, -0.2) is 0 Å². The van der Waals surface area contributed by atoms with E-state index in [9.17, 15) is 0 Å². The van der Waals surface area contributed by atoms with Crippen LogP contribution in [0.15, 0.2) is 28.7 Å². The highest BCUT2D eigenvalue weighted by Crippen LogP contribution is 2.29. The van der Waals surface area contributed by atoms with Gasteiger partial charge >= 0.3 is 0 Å². The minimum Gasteiger partial charge on any atom is -0.346 e. The number of aryl methyl sites for hydroxylation is 1. The lowest BCUT2D eigenvalue weighted by Crippen LogP contribution is -2.28. The Balaban J connectivity index is 2.07. The molecule has 3 rings (SSSR count). The van der Waals surface area contributed by atoms with Gasteiger partial charge in [0.05, 0.1) is 0 Å². The van der Waals surface area contributed by atoms with Gasteiger partial charge in [0, 0.05) is 34.2 Å². The van der Waals surface area contributed by atoms with Crippen molar-refractivity contribution in [1.29, 1.82) is 0 Å². The maximum atomic E-state index is 3.62. The van der Waals surface area contributed by atoms with Crippen LogP contribution in [0, 0.1) is 0 Å². The van der Waals surface area contributed by atoms with E-state index >= 15 is 0 Å². The summed E-state index contributed by atoms with van der Waals surface area (Å²) >= 11 is 3.54. The molecule has 2 nitrogen and oxygen atoms in total. The van der Waals surface area contributed by atoms with Crippen LogP contribution in [0.25, 0.3) is 10.9 Å². The maximum Gasteiger partial charge on any atom is 0.0481 e. The molecule has 0 amide bonds. The quantitative estimate of drug-likeness (QED) is 0.847. The third kappa shape index (κ3) is 2.02. The SMILES string of the molecule is Cn1c(C2CCCCN2)cc2cc(Br)ccc21. The summed E-state index contributed by atoms with van der Waals surface area (Å²) in [7, 11) is 2.17. The number of fused-ring (bicyclic) bond motifs is 1. The molecule has 0 saturated carbocycles. The minimum absolute atomic E-state index is 0.528. The number of nitrogens with zero attached hydrogens (tertiary/aromatic N) is 1. The summed E-state index contributed by atoms with van der Waals surface area (Å²) in [5, 5.41) is 4.94. The largest absolute Gasteiger partial charge is 0.346 e. The molecular weight excluding hydrogens is 276 g/mol. The molecule has 1 N–H and O–H groups in total. The van der Waals surface area contributed by atoms with Gasteiger partial charge in [-0.1, -0.05) is 22.4 Å². The van der Waals surface area contributed by atoms with Crippen LogP contribution in [-0.2, 0) is 7.05 Å². The molecule has 17 heavy (non-hydrogen) atoms. The molecule has 1 unspecified atom stereocenters. The van der Waals surface area contributed by atoms with Crippen molar-refractivity contribution >= 4 is 26.8 Å². The predicted molar refractivity (Wildman–Crippen MR) is 75.2 cm³/mol. The van der Waals surface area contributed by atoms with Crippen LogP contribution < -0.4 is 5.32 Å². The standard InChI is InChI=1S/C14H17BrN2/c1-17-13-6-5-11(15)8-10(13)9-14(17)12-4-2-3-7-16-12/h5-6,8-9,12,16H,2-4,7H2,1H3. The van der Waals surface area contributed by atoms with Gasteiger partial charge in [-0.2, -0.15) is 0 Å². The van der Waals surface area contributed by atoms with E-state index in [1.807, 2.05) is 0 Å². The second-order valence-electron chi connectivity index (χ2n) is 4.83. The van der Waals surface area contributed by atoms with E-state index in [-0.39, 0.29) is 0 Å². The van der Waals surface area contributed by atoms with Gasteiger partial charge in [0.2, 0.25) is 0 Å². The Morgan fingerprint density at radius 2 is 2.18 bits per heavy atom. The third-order valence-electron chi connectivity index (χ3n) is 3.71. The van der Waals surface area contributed by atoms with Crippen molar-refractivity contribution in [3.8, 4) is 0 Å². The number of benzene rings is 1. The molecule has 1 aliphatic heterocycles. The molecule has 90 valence electrons. The van der Waals surface area contributed by atoms with E-state index in [4.69, 9.17) is 0 Å². The first kappa shape index (κ1) is 11.3. The van der Waals surface area contributed by atoms with E-state index in [0.29, 0.717) is 6.04 Å². The second-order valence-corrected chi connectivity index (χ2v) is 5.75. The predicted octanol–water partition coefficient (Wildman–Crippen LogP) is 3.76. The Bertz CT molecular complexity index is 538. The molecule has 0 aliphatic carbocycles. The first-order valence-corrected chi connectivity index (χ1v) is 7.03. The molecule has 1 fully saturated rings. The molecule has 1 aliphatic rings. The fourth-order valence-electron chi connectivity index (χ4n) is 2.78. The fourth-order valence-corrected chi connectivity index (χ4v) is 3.16. The first-order valence-electron chi connectivity index (χ1n) is 6.24. The molecule has 1 atom stereocenters. The summed E-state index contributed by atoms with van der Waals surface area (Å²) in [6.45, 7) is 1.15. The van der Waals surface area contributed by atoms with Gasteiger partial charge in [0.15, 0.2) is 0 Å². The van der Waals surface area contributed by atoms with Crippen LogP contribution in [0.5, 0.6) is 0 Å². The van der Waals surface area contributed by atoms with E-state index < -0.39 is 0 Å². The Kier molecular flexibility index (Phi) is 2.97. The Morgan fingerprint density at radius 3 is 2.94 bits per heavy atom. The van der Waals surface area contributed by atoms with Crippen LogP contribution in [0.3, 0.4) is 0 Å². The summed E-state index contributed by atoms with van der Waals surface area (Å²) < 4.78 is 3.48. The average molecular weight is 293 g/mol. The Labute approximate surface area is 110 Å². The van der Waals surface area contributed by atoms with Crippen LogP contribution in [0.1, 0.15) is 31.0 Å². The van der Waals surface area contributed by atoms with Crippen LogP contribution in [0.4, 0.5) is 0 Å². The van der Waals surface area contributed by atoms with Crippen molar-refractivity contribution in [2.45, 2.75) is 25.3 Å². The van der Waals surface area contributed by atoms with Crippen molar-refractivity contribution in [2.24, 2.45) is 7.05 Å². The van der Waals surface area contributed by atoms with E-state index in [0.717, 1.165) is 11.0 Å². The summed E-state index contributed by atoms with van der Waals surface area (Å²) in [5.41, 5.74) is 2.73. The lowest BCUT2D eigenvalue weighted by atomic mass is 10.0. The smallest absolute Gasteiger partial charge is 0.0481 e. The van der Waals surface area contributed by atoms with Crippen molar-refractivity contribution in [2.75, 3.05) is 6.54 Å². The molecule has 3 heteroatoms. The van der Waals surface area contributed by atoms with Gasteiger partial charge in [0.1, 0.15) is 0 Å². The van der Waals surface area contributed by atoms with Gasteiger partial charge < -0.3 is 9.88 Å². The zero-order valence-corrected chi connectivity index (χ0v) is 11.6. The van der Waals surface area contributed by atoms with E-state index in [2.05, 4.69) is 57.1 Å². The van der Waals surface area contributed by atoms with E-state index in [1.165, 1.54) is 35.9 Å². The van der Waals surface area contributed by atoms with Crippen molar-refractivity contribution in [3.63, 3.8) is 0 Å². The molecule has 1 aromatic carbocycles. The lowest BCUT2D eigenvalue weighted by Gasteiger charge is -2.24. The van der Waals surface area contributed by atoms with E-state index in [1.54, 1.807) is 0 Å². The zero-order chi connectivity index (χ0) is 11.8. The molecule has 0 bridgehead atoms. The van der Waals surface area contributed by atoms with Crippen molar-refractivity contribution < 1.29 is 0 Å². The molecule has 2 aromatic rings. The van der Waals surface area contributed by atoms with Crippen molar-refractivity contribution in [1.82, 2.24) is 9.88 Å². The van der Waals surface area contributed by atoms with Crippen molar-refractivity contribution in [3.05, 3.63) is 34.4 Å². The Morgan fingerprint density at radius 1 is 1.29 bits per heavy atom. The number of halogens is 1. The highest BCUT2D eigenvalue weighted by Gasteiger charge is 2.18. The van der Waals surface area contributed by atoms with Crippen LogP contribution in [-0.4, -0.2) is 11.1 Å². The van der Waals surface area contributed by atoms with Gasteiger partial charge in [0.25, 0.3) is 0 Å². The molecular formula is C14H17BrN2. The first-order chi connectivity index (χ1) is 8.25. The average Bonchev–Trinajstić information content (AvgIpc) is 2.67. The number of piperidine rings is 1. The summed E-state index contributed by atoms with van der Waals surface area (Å²) in [6.07, 6.45) is 3.90. The monoisotopic (exact) mass is 292 g/mol. The number of rotatable bonds is 1. The molecule has 0 radical (unpaired) electrons. The lowest BCUT2D eigenvalue weighted by molar-refractivity contribution is 0.399. The third-order valence-corrected chi connectivity index (χ3v) is 4.20. The Hall–Kier alpha value is -0.800. The highest BCUT2D eigenvalue weighted by atomic mass is 79.9. The molecule has 2 heterocycles. The number of hydrogen-bond acceptors (Lipinski definition) is 1. The summed E-state index contributed by atoms with van der Waals surface area (Å²) in [5.74, 6) is 0. The molecule has 1 saturated heterocycles. The topological polar surface area (TPSA) is 17.0 Å². The summed E-state index contributed by atoms with van der Waals surface area (Å²) in [4.78, 5) is 0.